The van der Waals surface area contributed by atoms with E-state index in [4.69, 9.17) is 4.74 Å². The molecule has 3 aromatic rings. The Morgan fingerprint density at radius 3 is 2.65 bits per heavy atom. The normalized spacial score (nSPS) is 17.5. The van der Waals surface area contributed by atoms with Gasteiger partial charge in [0.05, 0.1) is 34.8 Å². The van der Waals surface area contributed by atoms with E-state index in [0.29, 0.717) is 24.2 Å². The van der Waals surface area contributed by atoms with Crippen molar-refractivity contribution < 1.29 is 22.3 Å². The summed E-state index contributed by atoms with van der Waals surface area (Å²) < 4.78 is 62.1. The number of fused-ring (bicyclic) bond motifs is 1. The quantitative estimate of drug-likeness (QED) is 0.559. The van der Waals surface area contributed by atoms with Crippen LogP contribution in [-0.4, -0.2) is 46.2 Å². The van der Waals surface area contributed by atoms with Crippen molar-refractivity contribution in [3.63, 3.8) is 0 Å². The van der Waals surface area contributed by atoms with Crippen molar-refractivity contribution in [2.75, 3.05) is 19.6 Å². The Labute approximate surface area is 194 Å². The zero-order valence-electron chi connectivity index (χ0n) is 19.1. The number of hydrogen-bond donors (Lipinski definition) is 1. The molecule has 2 aromatic carbocycles. The minimum Gasteiger partial charge on any atom is -0.489 e. The molecule has 6 nitrogen and oxygen atoms in total. The summed E-state index contributed by atoms with van der Waals surface area (Å²) in [5.41, 5.74) is -1.77. The van der Waals surface area contributed by atoms with Gasteiger partial charge in [-0.15, -0.1) is 0 Å². The summed E-state index contributed by atoms with van der Waals surface area (Å²) in [5.74, 6) is -1.37. The Kier molecular flexibility index (Phi) is 6.64. The Bertz CT molecular complexity index is 1260. The van der Waals surface area contributed by atoms with Gasteiger partial charge >= 0.3 is 6.18 Å². The number of piperazine rings is 1. The summed E-state index contributed by atoms with van der Waals surface area (Å²) in [6, 6.07) is 8.09. The molecule has 0 bridgehead atoms. The highest BCUT2D eigenvalue weighted by Gasteiger charge is 2.36. The predicted octanol–water partition coefficient (Wildman–Crippen LogP) is 4.12. The Hall–Kier alpha value is -2.98. The summed E-state index contributed by atoms with van der Waals surface area (Å²) in [6.45, 7) is 7.73. The first kappa shape index (κ1) is 24.2. The molecule has 182 valence electrons. The maximum Gasteiger partial charge on any atom is 0.419 e. The number of nitrogens with zero attached hydrogens (tertiary/aromatic N) is 3. The van der Waals surface area contributed by atoms with Crippen LogP contribution >= 0.6 is 0 Å². The number of rotatable bonds is 5. The van der Waals surface area contributed by atoms with Gasteiger partial charge in [-0.25, -0.2) is 9.37 Å². The number of nitrogens with one attached hydrogen (secondary N) is 1. The number of aromatic nitrogens is 2. The number of benzene rings is 2. The Morgan fingerprint density at radius 2 is 1.97 bits per heavy atom. The van der Waals surface area contributed by atoms with Gasteiger partial charge in [0.15, 0.2) is 0 Å². The summed E-state index contributed by atoms with van der Waals surface area (Å²) >= 11 is 0. The fourth-order valence-electron chi connectivity index (χ4n) is 4.12. The molecule has 0 radical (unpaired) electrons. The molecule has 0 amide bonds. The first-order valence-electron chi connectivity index (χ1n) is 11.1. The van der Waals surface area contributed by atoms with E-state index < -0.39 is 29.2 Å². The van der Waals surface area contributed by atoms with E-state index in [1.807, 2.05) is 6.92 Å². The summed E-state index contributed by atoms with van der Waals surface area (Å²) in [6.07, 6.45) is -5.41. The SMILES string of the molecule is CC(C)Oc1cc(F)c(C(F)(F)F)cc1-n1c(CN2CCNC[C@@H]2C)nc2ccccc2c1=O. The maximum atomic E-state index is 14.5. The maximum absolute atomic E-state index is 14.5. The van der Waals surface area contributed by atoms with Gasteiger partial charge in [0, 0.05) is 31.7 Å². The lowest BCUT2D eigenvalue weighted by Gasteiger charge is -2.34. The smallest absolute Gasteiger partial charge is 0.419 e. The summed E-state index contributed by atoms with van der Waals surface area (Å²) in [4.78, 5) is 20.4. The van der Waals surface area contributed by atoms with Crippen molar-refractivity contribution >= 4 is 10.9 Å². The molecule has 0 aliphatic carbocycles. The van der Waals surface area contributed by atoms with Gasteiger partial charge in [0.2, 0.25) is 0 Å². The molecule has 0 saturated carbocycles. The van der Waals surface area contributed by atoms with Crippen LogP contribution in [0.4, 0.5) is 17.6 Å². The van der Waals surface area contributed by atoms with Crippen molar-refractivity contribution in [1.29, 1.82) is 0 Å². The highest BCUT2D eigenvalue weighted by Crippen LogP contribution is 2.37. The van der Waals surface area contributed by atoms with Gasteiger partial charge in [-0.1, -0.05) is 12.1 Å². The van der Waals surface area contributed by atoms with Crippen LogP contribution in [-0.2, 0) is 12.7 Å². The molecule has 0 spiro atoms. The van der Waals surface area contributed by atoms with Crippen molar-refractivity contribution in [1.82, 2.24) is 19.8 Å². The third-order valence-corrected chi connectivity index (χ3v) is 5.79. The first-order valence-corrected chi connectivity index (χ1v) is 11.1. The van der Waals surface area contributed by atoms with Gasteiger partial charge in [-0.05, 0) is 39.0 Å². The standard InChI is InChI=1S/C24H26F4N4O2/c1-14(2)34-21-11-18(25)17(24(26,27)28)10-20(21)32-22(13-31-9-8-29-12-15(31)3)30-19-7-5-4-6-16(19)23(32)33/h4-7,10-11,14-15,29H,8-9,12-13H2,1-3H3/t15-/m0/s1. The van der Waals surface area contributed by atoms with Crippen molar-refractivity contribution in [2.24, 2.45) is 0 Å². The van der Waals surface area contributed by atoms with Gasteiger partial charge in [-0.2, -0.15) is 13.2 Å². The molecular weight excluding hydrogens is 452 g/mol. The van der Waals surface area contributed by atoms with Crippen LogP contribution in [0.15, 0.2) is 41.2 Å². The average Bonchev–Trinajstić information content (AvgIpc) is 2.75. The fraction of sp³-hybridized carbons (Fsp3) is 0.417. The van der Waals surface area contributed by atoms with Crippen LogP contribution in [0.5, 0.6) is 5.75 Å². The molecule has 34 heavy (non-hydrogen) atoms. The fourth-order valence-corrected chi connectivity index (χ4v) is 4.12. The Balaban J connectivity index is 2.00. The zero-order valence-corrected chi connectivity index (χ0v) is 19.1. The lowest BCUT2D eigenvalue weighted by Crippen LogP contribution is -2.49. The molecule has 1 aromatic heterocycles. The molecule has 1 atom stereocenters. The molecule has 1 aliphatic heterocycles. The summed E-state index contributed by atoms with van der Waals surface area (Å²) in [5, 5.41) is 3.52. The highest BCUT2D eigenvalue weighted by atomic mass is 19.4. The number of halogens is 4. The van der Waals surface area contributed by atoms with E-state index in [9.17, 15) is 22.4 Å². The van der Waals surface area contributed by atoms with Crippen LogP contribution in [0.3, 0.4) is 0 Å². The molecule has 0 unspecified atom stereocenters. The van der Waals surface area contributed by atoms with Gasteiger partial charge in [0.25, 0.3) is 5.56 Å². The summed E-state index contributed by atoms with van der Waals surface area (Å²) in [7, 11) is 0. The van der Waals surface area contributed by atoms with Crippen molar-refractivity contribution in [2.45, 2.75) is 45.6 Å². The highest BCUT2D eigenvalue weighted by molar-refractivity contribution is 5.78. The topological polar surface area (TPSA) is 59.4 Å². The minimum atomic E-state index is -4.95. The largest absolute Gasteiger partial charge is 0.489 e. The van der Waals surface area contributed by atoms with Crippen molar-refractivity contribution in [3.05, 3.63) is 64.0 Å². The van der Waals surface area contributed by atoms with Crippen LogP contribution in [0, 0.1) is 5.82 Å². The molecule has 1 aliphatic rings. The van der Waals surface area contributed by atoms with E-state index >= 15 is 0 Å². The van der Waals surface area contributed by atoms with E-state index in [0.717, 1.165) is 17.7 Å². The lowest BCUT2D eigenvalue weighted by molar-refractivity contribution is -0.140. The monoisotopic (exact) mass is 478 g/mol. The molecule has 4 rings (SSSR count). The first-order chi connectivity index (χ1) is 16.1. The van der Waals surface area contributed by atoms with E-state index in [2.05, 4.69) is 15.2 Å². The van der Waals surface area contributed by atoms with Crippen LogP contribution in [0.1, 0.15) is 32.2 Å². The molecular formula is C24H26F4N4O2. The molecule has 1 N–H and O–H groups in total. The van der Waals surface area contributed by atoms with Crippen LogP contribution < -0.4 is 15.6 Å². The molecule has 2 heterocycles. The number of ether oxygens (including phenoxy) is 1. The number of para-hydroxylation sites is 1. The molecule has 1 fully saturated rings. The second-order valence-electron chi connectivity index (χ2n) is 8.67. The molecule has 1 saturated heterocycles. The minimum absolute atomic E-state index is 0.121. The average molecular weight is 478 g/mol. The molecule has 10 heteroatoms. The third-order valence-electron chi connectivity index (χ3n) is 5.79. The third kappa shape index (κ3) is 4.78. The zero-order chi connectivity index (χ0) is 24.6. The second kappa shape index (κ2) is 9.34. The number of alkyl halides is 3. The van der Waals surface area contributed by atoms with E-state index in [-0.39, 0.29) is 35.2 Å². The predicted molar refractivity (Wildman–Crippen MR) is 121 cm³/mol. The second-order valence-corrected chi connectivity index (χ2v) is 8.67. The number of hydrogen-bond acceptors (Lipinski definition) is 5. The lowest BCUT2D eigenvalue weighted by atomic mass is 10.1. The van der Waals surface area contributed by atoms with Crippen LogP contribution in [0.2, 0.25) is 0 Å². The van der Waals surface area contributed by atoms with E-state index in [1.165, 1.54) is 0 Å². The van der Waals surface area contributed by atoms with E-state index in [1.54, 1.807) is 38.1 Å². The van der Waals surface area contributed by atoms with Gasteiger partial charge in [-0.3, -0.25) is 14.3 Å². The Morgan fingerprint density at radius 1 is 1.24 bits per heavy atom. The van der Waals surface area contributed by atoms with Gasteiger partial charge in [0.1, 0.15) is 17.4 Å². The van der Waals surface area contributed by atoms with Crippen molar-refractivity contribution in [3.8, 4) is 11.4 Å². The van der Waals surface area contributed by atoms with Crippen LogP contribution in [0.25, 0.3) is 16.6 Å². The van der Waals surface area contributed by atoms with Gasteiger partial charge < -0.3 is 10.1 Å².